The molecule has 0 spiro atoms. The molecule has 6 N–H and O–H groups in total. The number of imidazole rings is 1. The molecule has 0 amide bonds. The molecule has 0 aliphatic carbocycles. The normalized spacial score (nSPS) is 9.08. The van der Waals surface area contributed by atoms with Gasteiger partial charge >= 0.3 is 0 Å². The summed E-state index contributed by atoms with van der Waals surface area (Å²) in [5.74, 6) is 1.16. The third-order valence-corrected chi connectivity index (χ3v) is 5.48. The van der Waals surface area contributed by atoms with E-state index in [0.717, 1.165) is 22.4 Å². The first-order chi connectivity index (χ1) is 22.0. The number of aromatic nitrogens is 9. The van der Waals surface area contributed by atoms with Gasteiger partial charge in [-0.25, -0.2) is 9.50 Å². The number of anilines is 3. The fourth-order valence-electron chi connectivity index (χ4n) is 2.35. The van der Waals surface area contributed by atoms with Crippen LogP contribution in [0.1, 0.15) is 24.2 Å². The number of hydrogen-bond donors (Lipinski definition) is 3. The Balaban J connectivity index is -0.000000521. The average molecular weight is 1480 g/mol. The number of hydrogen-bond acceptors (Lipinski definition) is 11. The van der Waals surface area contributed by atoms with Crippen molar-refractivity contribution in [3.63, 3.8) is 0 Å². The van der Waals surface area contributed by atoms with Gasteiger partial charge in [-0.3, -0.25) is 0 Å². The fourth-order valence-corrected chi connectivity index (χ4v) is 3.47. The fraction of sp³-hybridized carbons (Fsp3) is 0.280. The highest BCUT2D eigenvalue weighted by atomic mass is 127. The van der Waals surface area contributed by atoms with Crippen molar-refractivity contribution in [1.29, 1.82) is 0 Å². The number of alkyl halides is 6. The van der Waals surface area contributed by atoms with Crippen molar-refractivity contribution in [1.82, 2.24) is 45.2 Å². The molecule has 5 aromatic rings. The first kappa shape index (κ1) is 53.6. The maximum atomic E-state index is 5.77. The van der Waals surface area contributed by atoms with E-state index in [2.05, 4.69) is 192 Å². The number of fused-ring (bicyclic) bond motifs is 1. The van der Waals surface area contributed by atoms with Crippen LogP contribution in [0.3, 0.4) is 0 Å². The molecule has 0 saturated carbocycles. The van der Waals surface area contributed by atoms with Crippen LogP contribution in [0.15, 0.2) is 41.0 Å². The van der Waals surface area contributed by atoms with Crippen LogP contribution in [0, 0.1) is 20.8 Å². The average Bonchev–Trinajstić information content (AvgIpc) is 3.37. The van der Waals surface area contributed by atoms with Crippen molar-refractivity contribution in [2.75, 3.05) is 24.6 Å². The van der Waals surface area contributed by atoms with Gasteiger partial charge in [0.15, 0.2) is 26.9 Å². The van der Waals surface area contributed by atoms with Crippen LogP contribution in [0.5, 0.6) is 0 Å². The summed E-state index contributed by atoms with van der Waals surface area (Å²) in [7, 11) is 0. The van der Waals surface area contributed by atoms with Gasteiger partial charge in [-0.2, -0.15) is 5.10 Å². The Morgan fingerprint density at radius 2 is 1.19 bits per heavy atom. The van der Waals surface area contributed by atoms with E-state index in [4.69, 9.17) is 63.6 Å². The van der Waals surface area contributed by atoms with Crippen molar-refractivity contribution in [3.8, 4) is 0 Å². The molecule has 48 heavy (non-hydrogen) atoms. The van der Waals surface area contributed by atoms with Gasteiger partial charge in [-0.1, -0.05) is 189 Å². The molecule has 0 aliphatic rings. The maximum Gasteiger partial charge on any atom is 0.160 e. The van der Waals surface area contributed by atoms with E-state index < -0.39 is 0 Å². The lowest BCUT2D eigenvalue weighted by Gasteiger charge is -1.96. The second kappa shape index (κ2) is 31.8. The summed E-state index contributed by atoms with van der Waals surface area (Å²) >= 11 is 38.9. The molecule has 0 bridgehead atoms. The van der Waals surface area contributed by atoms with Crippen molar-refractivity contribution in [3.05, 3.63) is 78.4 Å². The predicted molar refractivity (Wildman–Crippen MR) is 260 cm³/mol. The molecule has 0 unspecified atom stereocenters. The zero-order valence-electron chi connectivity index (χ0n) is 24.7. The largest absolute Gasteiger partial charge is 0.382 e. The van der Waals surface area contributed by atoms with Gasteiger partial charge in [0.2, 0.25) is 0 Å². The van der Waals surface area contributed by atoms with Crippen molar-refractivity contribution in [2.45, 2.75) is 28.1 Å². The highest BCUT2D eigenvalue weighted by Gasteiger charge is 2.03. The number of nitrogen functional groups attached to an aromatic ring is 3. The first-order valence-corrected chi connectivity index (χ1v) is 23.1. The lowest BCUT2D eigenvalue weighted by molar-refractivity contribution is 0.927. The zero-order valence-corrected chi connectivity index (χ0v) is 42.2. The van der Waals surface area contributed by atoms with Crippen LogP contribution in [0.2, 0.25) is 20.6 Å². The minimum atomic E-state index is 0. The van der Waals surface area contributed by atoms with E-state index in [1.54, 1.807) is 28.8 Å². The second-order valence-corrected chi connectivity index (χ2v) is 25.3. The number of nitrogens with two attached hydrogens (primary N) is 3. The molecule has 0 aliphatic heterocycles. The highest BCUT2D eigenvalue weighted by Crippen LogP contribution is 2.18. The molecule has 268 valence electrons. The molecule has 12 nitrogen and oxygen atoms in total. The molecule has 5 aromatic heterocycles. The van der Waals surface area contributed by atoms with Gasteiger partial charge in [0.25, 0.3) is 0 Å². The molecule has 0 atom stereocenters. The van der Waals surface area contributed by atoms with Gasteiger partial charge < -0.3 is 17.2 Å². The summed E-state index contributed by atoms with van der Waals surface area (Å²) in [6, 6.07) is 8.25. The summed E-state index contributed by atoms with van der Waals surface area (Å²) in [4.78, 5) is 6.27. The van der Waals surface area contributed by atoms with Gasteiger partial charge in [0, 0.05) is 0 Å². The minimum Gasteiger partial charge on any atom is -0.382 e. The van der Waals surface area contributed by atoms with Crippen LogP contribution in [0.25, 0.3) is 5.65 Å². The molecular formula is C25H31BrCl4I6N12. The molecule has 0 fully saturated rings. The van der Waals surface area contributed by atoms with Gasteiger partial charge in [0.05, 0.1) is 18.8 Å². The Labute approximate surface area is 391 Å². The Kier molecular flexibility index (Phi) is 35.5. The number of halogens is 11. The molecular weight excluding hydrogens is 1450 g/mol. The smallest absolute Gasteiger partial charge is 0.160 e. The number of rotatable bonds is 0. The predicted octanol–water partition coefficient (Wildman–Crippen LogP) is 11.3. The molecule has 0 aromatic carbocycles. The van der Waals surface area contributed by atoms with Gasteiger partial charge in [-0.15, -0.1) is 30.6 Å². The van der Waals surface area contributed by atoms with E-state index in [9.17, 15) is 0 Å². The SMILES string of the molecule is C.CI.Cc1cc(Cl)nnc1N.Cc1cn2nc(Cl)cc(C)c2n1.IC(I)I.ICI.Nc1ccc(Cl)nn1.Nc1nnc(Cl)cc1Br. The maximum absolute atomic E-state index is 5.77. The Morgan fingerprint density at radius 1 is 0.729 bits per heavy atom. The standard InChI is InChI=1S/C8H8ClN3.C5H6ClN3.C4H3BrClN3.C4H4ClN3.CHI3.CH2I2.CH3I.CH4/c1-5-3-7(9)11-12-4-6(2)10-8(5)12;1-3-2-4(6)8-9-5(3)7;5-2-1-3(6)8-9-4(2)7;5-3-1-2-4(6)8-7-3;2-1(3)4;2-1-3;1-2;/h3-4H,1-2H3;2H,1H3,(H2,7,9);1H,(H2,7,9);1-2H,(H2,6,8);1H;1H2;1H3;1H4. The first-order valence-electron chi connectivity index (χ1n) is 11.9. The summed E-state index contributed by atoms with van der Waals surface area (Å²) in [6.45, 7) is 5.73. The van der Waals surface area contributed by atoms with Crippen LogP contribution in [-0.4, -0.2) is 52.5 Å². The third-order valence-electron chi connectivity index (χ3n) is 4.09. The Hall–Kier alpha value is 1.28. The van der Waals surface area contributed by atoms with Crippen molar-refractivity contribution in [2.24, 2.45) is 0 Å². The lowest BCUT2D eigenvalue weighted by Crippen LogP contribution is -1.95. The van der Waals surface area contributed by atoms with Gasteiger partial charge in [0.1, 0.15) is 16.7 Å². The van der Waals surface area contributed by atoms with Crippen molar-refractivity contribution >= 4 is 221 Å². The highest BCUT2D eigenvalue weighted by molar-refractivity contribution is 14.3. The molecule has 0 radical (unpaired) electrons. The third kappa shape index (κ3) is 27.0. The number of nitrogens with zero attached hydrogens (tertiary/aromatic N) is 9. The van der Waals surface area contributed by atoms with Gasteiger partial charge in [-0.05, 0) is 83.1 Å². The summed E-state index contributed by atoms with van der Waals surface area (Å²) in [6.07, 6.45) is 1.86. The molecule has 23 heteroatoms. The lowest BCUT2D eigenvalue weighted by atomic mass is 10.3. The van der Waals surface area contributed by atoms with E-state index in [1.165, 1.54) is 2.43 Å². The zero-order chi connectivity index (χ0) is 36.7. The van der Waals surface area contributed by atoms with Crippen molar-refractivity contribution < 1.29 is 0 Å². The molecule has 0 saturated heterocycles. The number of aryl methyl sites for hydroxylation is 3. The van der Waals surface area contributed by atoms with E-state index in [1.807, 2.05) is 38.0 Å². The molecule has 5 heterocycles. The van der Waals surface area contributed by atoms with Crippen LogP contribution in [-0.2, 0) is 0 Å². The monoisotopic (exact) mass is 1480 g/mol. The Morgan fingerprint density at radius 3 is 1.58 bits per heavy atom. The second-order valence-electron chi connectivity index (χ2n) is 7.57. The van der Waals surface area contributed by atoms with Crippen LogP contribution < -0.4 is 17.2 Å². The van der Waals surface area contributed by atoms with Crippen LogP contribution in [0.4, 0.5) is 17.5 Å². The van der Waals surface area contributed by atoms with E-state index in [-0.39, 0.29) is 7.43 Å². The summed E-state index contributed by atoms with van der Waals surface area (Å²) < 4.78 is 4.30. The topological polar surface area (TPSA) is 186 Å². The minimum absolute atomic E-state index is 0. The van der Waals surface area contributed by atoms with E-state index in [0.29, 0.717) is 42.5 Å². The van der Waals surface area contributed by atoms with E-state index >= 15 is 0 Å². The Bertz CT molecular complexity index is 1520. The summed E-state index contributed by atoms with van der Waals surface area (Å²) in [5, 5.41) is 26.7. The molecule has 5 rings (SSSR count). The van der Waals surface area contributed by atoms with Crippen LogP contribution >= 0.6 is 198 Å². The summed E-state index contributed by atoms with van der Waals surface area (Å²) in [5.41, 5.74) is 19.6. The quantitative estimate of drug-likeness (QED) is 0.0990.